The lowest BCUT2D eigenvalue weighted by atomic mass is 9.85. The molecule has 13 heteroatoms. The molecule has 2 fully saturated rings. The van der Waals surface area contributed by atoms with E-state index < -0.39 is 64.2 Å². The molecule has 0 unspecified atom stereocenters. The highest BCUT2D eigenvalue weighted by Crippen LogP contribution is 2.39. The summed E-state index contributed by atoms with van der Waals surface area (Å²) < 4.78 is 0. The molecule has 1 aliphatic carbocycles. The van der Waals surface area contributed by atoms with Crippen LogP contribution in [0.25, 0.3) is 0 Å². The number of urea groups is 1. The molecular weight excluding hydrogens is 604 g/mol. The number of benzene rings is 1. The number of hydrogen-bond donors (Lipinski definition) is 4. The molecule has 3 aliphatic rings. The lowest BCUT2D eigenvalue weighted by molar-refractivity contribution is -0.144. The summed E-state index contributed by atoms with van der Waals surface area (Å²) in [4.78, 5) is 87.5. The van der Waals surface area contributed by atoms with Crippen LogP contribution >= 0.6 is 0 Å². The fraction of sp³-hybridized carbons (Fsp3) is 0.618. The maximum absolute atomic E-state index is 14.4. The Morgan fingerprint density at radius 1 is 1.00 bits per heavy atom. The van der Waals surface area contributed by atoms with Crippen LogP contribution in [0.3, 0.4) is 0 Å². The third-order valence-electron chi connectivity index (χ3n) is 8.35. The van der Waals surface area contributed by atoms with E-state index in [0.717, 1.165) is 12.8 Å². The highest BCUT2D eigenvalue weighted by molar-refractivity contribution is 6.46. The highest BCUT2D eigenvalue weighted by Gasteiger charge is 2.56. The SMILES string of the molecule is CCC[C@H](NC(=O)[C@@H]1C[C@]2(CC(C(=O)c3ccccc3)=NO2)CN1C(=O)[C@@H](NC(=O)NC(C)(C)C)C(C)(C)C)C(=O)C(=O)NC1CC1. The van der Waals surface area contributed by atoms with E-state index in [2.05, 4.69) is 26.4 Å². The van der Waals surface area contributed by atoms with Crippen molar-refractivity contribution in [3.63, 3.8) is 0 Å². The fourth-order valence-corrected chi connectivity index (χ4v) is 5.80. The third kappa shape index (κ3) is 8.95. The molecule has 0 bridgehead atoms. The van der Waals surface area contributed by atoms with Crippen molar-refractivity contribution in [2.75, 3.05) is 6.54 Å². The molecule has 1 saturated heterocycles. The predicted octanol–water partition coefficient (Wildman–Crippen LogP) is 2.63. The predicted molar refractivity (Wildman–Crippen MR) is 174 cm³/mol. The number of oxime groups is 1. The molecule has 1 spiro atoms. The van der Waals surface area contributed by atoms with Crippen molar-refractivity contribution < 1.29 is 33.6 Å². The summed E-state index contributed by atoms with van der Waals surface area (Å²) >= 11 is 0. The van der Waals surface area contributed by atoms with Crippen LogP contribution in [0.5, 0.6) is 0 Å². The Kier molecular flexibility index (Phi) is 10.5. The molecule has 5 amide bonds. The molecule has 0 aromatic heterocycles. The van der Waals surface area contributed by atoms with Crippen LogP contribution in [-0.4, -0.2) is 87.8 Å². The van der Waals surface area contributed by atoms with Crippen LogP contribution in [0.15, 0.2) is 35.5 Å². The van der Waals surface area contributed by atoms with Gasteiger partial charge in [0.05, 0.1) is 12.6 Å². The Hall–Kier alpha value is -4.29. The van der Waals surface area contributed by atoms with Gasteiger partial charge in [-0.05, 0) is 45.4 Å². The van der Waals surface area contributed by atoms with Crippen molar-refractivity contribution >= 4 is 41.0 Å². The van der Waals surface area contributed by atoms with Crippen LogP contribution in [0.2, 0.25) is 0 Å². The Balaban J connectivity index is 1.61. The van der Waals surface area contributed by atoms with E-state index in [1.54, 1.807) is 51.1 Å². The summed E-state index contributed by atoms with van der Waals surface area (Å²) in [5.41, 5.74) is -1.94. The van der Waals surface area contributed by atoms with Gasteiger partial charge in [0.25, 0.3) is 5.91 Å². The largest absolute Gasteiger partial charge is 0.386 e. The number of ketones is 2. The van der Waals surface area contributed by atoms with Gasteiger partial charge in [0, 0.05) is 30.0 Å². The van der Waals surface area contributed by atoms with Gasteiger partial charge in [-0.2, -0.15) is 0 Å². The van der Waals surface area contributed by atoms with Crippen molar-refractivity contribution in [2.45, 2.75) is 122 Å². The maximum Gasteiger partial charge on any atom is 0.315 e. The number of nitrogens with one attached hydrogen (secondary N) is 4. The van der Waals surface area contributed by atoms with Crippen LogP contribution < -0.4 is 21.3 Å². The number of amides is 5. The van der Waals surface area contributed by atoms with Gasteiger partial charge in [-0.1, -0.05) is 69.6 Å². The van der Waals surface area contributed by atoms with Gasteiger partial charge in [-0.3, -0.25) is 24.0 Å². The molecule has 1 saturated carbocycles. The third-order valence-corrected chi connectivity index (χ3v) is 8.35. The zero-order valence-corrected chi connectivity index (χ0v) is 28.4. The summed E-state index contributed by atoms with van der Waals surface area (Å²) in [6, 6.07) is 4.75. The normalized spacial score (nSPS) is 22.1. The Morgan fingerprint density at radius 3 is 2.23 bits per heavy atom. The van der Waals surface area contributed by atoms with Gasteiger partial charge >= 0.3 is 6.03 Å². The van der Waals surface area contributed by atoms with E-state index in [4.69, 9.17) is 4.84 Å². The van der Waals surface area contributed by atoms with Gasteiger partial charge in [0.1, 0.15) is 17.8 Å². The number of likely N-dealkylation sites (tertiary alicyclic amines) is 1. The summed E-state index contributed by atoms with van der Waals surface area (Å²) in [5, 5.41) is 15.1. The summed E-state index contributed by atoms with van der Waals surface area (Å²) in [5.74, 6) is -2.99. The lowest BCUT2D eigenvalue weighted by Crippen LogP contribution is -2.61. The smallest absolute Gasteiger partial charge is 0.315 e. The minimum absolute atomic E-state index is 0.0218. The van der Waals surface area contributed by atoms with Gasteiger partial charge in [0.15, 0.2) is 5.60 Å². The number of Topliss-reactive ketones (excluding diaryl/α,β-unsaturated/α-hetero) is 2. The molecule has 0 radical (unpaired) electrons. The average molecular weight is 653 g/mol. The Labute approximate surface area is 276 Å². The first kappa shape index (κ1) is 35.6. The number of rotatable bonds is 11. The molecule has 4 rings (SSSR count). The van der Waals surface area contributed by atoms with Crippen molar-refractivity contribution in [3.05, 3.63) is 35.9 Å². The molecule has 1 aromatic carbocycles. The molecule has 4 atom stereocenters. The van der Waals surface area contributed by atoms with Gasteiger partial charge < -0.3 is 31.0 Å². The zero-order chi connectivity index (χ0) is 34.7. The lowest BCUT2D eigenvalue weighted by Gasteiger charge is -2.36. The van der Waals surface area contributed by atoms with Crippen LogP contribution in [-0.2, 0) is 24.0 Å². The topological polar surface area (TPSA) is 175 Å². The standard InChI is InChI=1S/C34H48N6O7/c1-8-12-22(26(42)29(44)35-21-15-16-21)36-28(43)24-18-34(17-23(39-47-34)25(41)20-13-10-9-11-14-20)19-40(24)30(45)27(32(2,3)4)37-31(46)38-33(5,6)7/h9-11,13-14,21-22,24,27H,8,12,15-19H2,1-7H3,(H,35,44)(H,36,43)(H2,37,38,46)/t22-,24-,27+,34+/m0/s1. The van der Waals surface area contributed by atoms with Crippen molar-refractivity contribution in [3.8, 4) is 0 Å². The van der Waals surface area contributed by atoms with E-state index in [9.17, 15) is 28.8 Å². The van der Waals surface area contributed by atoms with Gasteiger partial charge in [0.2, 0.25) is 23.4 Å². The molecule has 2 aliphatic heterocycles. The van der Waals surface area contributed by atoms with Crippen molar-refractivity contribution in [1.29, 1.82) is 0 Å². The molecule has 256 valence electrons. The summed E-state index contributed by atoms with van der Waals surface area (Å²) in [6.07, 6.45) is 2.38. The average Bonchev–Trinajstić information content (AvgIpc) is 3.58. The number of carbonyl (C=O) groups excluding carboxylic acids is 6. The summed E-state index contributed by atoms with van der Waals surface area (Å²) in [7, 11) is 0. The fourth-order valence-electron chi connectivity index (χ4n) is 5.80. The van der Waals surface area contributed by atoms with Crippen LogP contribution in [0.4, 0.5) is 4.79 Å². The van der Waals surface area contributed by atoms with E-state index in [-0.39, 0.29) is 43.3 Å². The molecule has 47 heavy (non-hydrogen) atoms. The van der Waals surface area contributed by atoms with Gasteiger partial charge in [-0.15, -0.1) is 0 Å². The van der Waals surface area contributed by atoms with E-state index in [0.29, 0.717) is 12.0 Å². The summed E-state index contributed by atoms with van der Waals surface area (Å²) in [6.45, 7) is 12.6. The van der Waals surface area contributed by atoms with Crippen molar-refractivity contribution in [2.24, 2.45) is 10.6 Å². The molecular formula is C34H48N6O7. The monoisotopic (exact) mass is 652 g/mol. The molecule has 4 N–H and O–H groups in total. The first-order valence-electron chi connectivity index (χ1n) is 16.3. The maximum atomic E-state index is 14.4. The second-order valence-electron chi connectivity index (χ2n) is 15.0. The Morgan fingerprint density at radius 2 is 1.66 bits per heavy atom. The van der Waals surface area contributed by atoms with E-state index in [1.165, 1.54) is 4.90 Å². The van der Waals surface area contributed by atoms with Gasteiger partial charge in [-0.25, -0.2) is 4.79 Å². The second-order valence-corrected chi connectivity index (χ2v) is 15.0. The number of carbonyl (C=O) groups is 6. The first-order valence-corrected chi connectivity index (χ1v) is 16.3. The van der Waals surface area contributed by atoms with Crippen LogP contribution in [0.1, 0.15) is 97.3 Å². The second kappa shape index (κ2) is 13.8. The quantitative estimate of drug-likeness (QED) is 0.210. The molecule has 13 nitrogen and oxygen atoms in total. The zero-order valence-electron chi connectivity index (χ0n) is 28.4. The molecule has 1 aromatic rings. The van der Waals surface area contributed by atoms with E-state index >= 15 is 0 Å². The number of hydrogen-bond acceptors (Lipinski definition) is 8. The minimum atomic E-state index is -1.19. The van der Waals surface area contributed by atoms with Crippen molar-refractivity contribution in [1.82, 2.24) is 26.2 Å². The highest BCUT2D eigenvalue weighted by atomic mass is 16.7. The van der Waals surface area contributed by atoms with Crippen LogP contribution in [0, 0.1) is 5.41 Å². The number of nitrogens with zero attached hydrogens (tertiary/aromatic N) is 2. The van der Waals surface area contributed by atoms with E-state index in [1.807, 2.05) is 27.7 Å². The minimum Gasteiger partial charge on any atom is -0.386 e. The first-order chi connectivity index (χ1) is 21.9. The Bertz CT molecular complexity index is 1430. The molecule has 2 heterocycles.